The lowest BCUT2D eigenvalue weighted by Crippen LogP contribution is -2.35. The second kappa shape index (κ2) is 7.92. The fraction of sp³-hybridized carbons (Fsp3) is 0.533. The van der Waals surface area contributed by atoms with E-state index < -0.39 is 0 Å². The predicted molar refractivity (Wildman–Crippen MR) is 78.4 cm³/mol. The maximum Gasteiger partial charge on any atom is 0.238 e. The van der Waals surface area contributed by atoms with Crippen LogP contribution in [-0.4, -0.2) is 42.2 Å². The van der Waals surface area contributed by atoms with E-state index in [0.29, 0.717) is 13.1 Å². The van der Waals surface area contributed by atoms with E-state index in [1.165, 1.54) is 0 Å². The Bertz CT molecular complexity index is 413. The number of aryl methyl sites for hydroxylation is 2. The van der Waals surface area contributed by atoms with Crippen molar-refractivity contribution in [3.8, 4) is 0 Å². The minimum atomic E-state index is -0.0319. The average Bonchev–Trinajstić information content (AvgIpc) is 2.34. The molecule has 0 aliphatic rings. The van der Waals surface area contributed by atoms with E-state index in [1.54, 1.807) is 0 Å². The molecular formula is C15H24N2O2. The summed E-state index contributed by atoms with van der Waals surface area (Å²) in [4.78, 5) is 14.0. The minimum Gasteiger partial charge on any atom is -0.395 e. The highest BCUT2D eigenvalue weighted by Gasteiger charge is 2.10. The second-order valence-corrected chi connectivity index (χ2v) is 4.87. The zero-order valence-electron chi connectivity index (χ0n) is 12.1. The van der Waals surface area contributed by atoms with Crippen molar-refractivity contribution in [3.05, 3.63) is 29.3 Å². The molecule has 1 aromatic rings. The molecule has 0 heterocycles. The predicted octanol–water partition coefficient (Wildman–Crippen LogP) is 1.95. The highest BCUT2D eigenvalue weighted by Crippen LogP contribution is 2.16. The van der Waals surface area contributed by atoms with Crippen LogP contribution in [0.2, 0.25) is 0 Å². The first kappa shape index (κ1) is 15.7. The van der Waals surface area contributed by atoms with Crippen molar-refractivity contribution in [3.63, 3.8) is 0 Å². The van der Waals surface area contributed by atoms with Gasteiger partial charge in [-0.05, 0) is 44.0 Å². The topological polar surface area (TPSA) is 52.6 Å². The Morgan fingerprint density at radius 2 is 2.05 bits per heavy atom. The van der Waals surface area contributed by atoms with Gasteiger partial charge in [0.15, 0.2) is 0 Å². The Labute approximate surface area is 115 Å². The lowest BCUT2D eigenvalue weighted by molar-refractivity contribution is -0.117. The number of rotatable bonds is 7. The van der Waals surface area contributed by atoms with Gasteiger partial charge in [0.25, 0.3) is 0 Å². The van der Waals surface area contributed by atoms with Crippen LogP contribution in [0.5, 0.6) is 0 Å². The maximum atomic E-state index is 12.0. The Kier molecular flexibility index (Phi) is 6.53. The lowest BCUT2D eigenvalue weighted by Gasteiger charge is -2.20. The van der Waals surface area contributed by atoms with E-state index in [-0.39, 0.29) is 12.5 Å². The van der Waals surface area contributed by atoms with Crippen molar-refractivity contribution in [2.45, 2.75) is 27.2 Å². The van der Waals surface area contributed by atoms with Crippen molar-refractivity contribution in [2.75, 3.05) is 31.6 Å². The molecule has 0 bridgehead atoms. The Balaban J connectivity index is 2.60. The van der Waals surface area contributed by atoms with Crippen LogP contribution in [0.3, 0.4) is 0 Å². The molecule has 4 heteroatoms. The molecule has 1 amide bonds. The van der Waals surface area contributed by atoms with E-state index in [1.807, 2.05) is 36.9 Å². The fourth-order valence-electron chi connectivity index (χ4n) is 1.99. The largest absolute Gasteiger partial charge is 0.395 e. The summed E-state index contributed by atoms with van der Waals surface area (Å²) in [6.07, 6.45) is 0.969. The number of aliphatic hydroxyl groups excluding tert-OH is 1. The van der Waals surface area contributed by atoms with E-state index in [4.69, 9.17) is 5.11 Å². The zero-order chi connectivity index (χ0) is 14.3. The van der Waals surface area contributed by atoms with E-state index >= 15 is 0 Å². The smallest absolute Gasteiger partial charge is 0.238 e. The van der Waals surface area contributed by atoms with Gasteiger partial charge in [-0.25, -0.2) is 0 Å². The van der Waals surface area contributed by atoms with Crippen molar-refractivity contribution < 1.29 is 9.90 Å². The summed E-state index contributed by atoms with van der Waals surface area (Å²) in [5, 5.41) is 11.9. The van der Waals surface area contributed by atoms with Crippen LogP contribution in [0.1, 0.15) is 24.5 Å². The van der Waals surface area contributed by atoms with Gasteiger partial charge in [-0.2, -0.15) is 0 Å². The van der Waals surface area contributed by atoms with Crippen LogP contribution < -0.4 is 5.32 Å². The summed E-state index contributed by atoms with van der Waals surface area (Å²) in [5.74, 6) is -0.0319. The van der Waals surface area contributed by atoms with Crippen LogP contribution in [0.25, 0.3) is 0 Å². The number of amides is 1. The molecule has 106 valence electrons. The molecule has 0 unspecified atom stereocenters. The zero-order valence-corrected chi connectivity index (χ0v) is 12.1. The first-order valence-electron chi connectivity index (χ1n) is 6.77. The summed E-state index contributed by atoms with van der Waals surface area (Å²) in [6.45, 7) is 7.80. The monoisotopic (exact) mass is 264 g/mol. The van der Waals surface area contributed by atoms with E-state index in [9.17, 15) is 4.79 Å². The van der Waals surface area contributed by atoms with Crippen LogP contribution in [0, 0.1) is 13.8 Å². The highest BCUT2D eigenvalue weighted by molar-refractivity contribution is 5.93. The van der Waals surface area contributed by atoms with E-state index in [0.717, 1.165) is 29.8 Å². The number of aliphatic hydroxyl groups is 1. The Morgan fingerprint density at radius 1 is 1.32 bits per heavy atom. The molecule has 0 aliphatic heterocycles. The Morgan fingerprint density at radius 3 is 2.68 bits per heavy atom. The van der Waals surface area contributed by atoms with Gasteiger partial charge in [0.05, 0.1) is 13.2 Å². The lowest BCUT2D eigenvalue weighted by atomic mass is 10.1. The molecule has 0 saturated carbocycles. The van der Waals surface area contributed by atoms with Crippen molar-refractivity contribution in [2.24, 2.45) is 0 Å². The Hall–Kier alpha value is -1.39. The first-order valence-corrected chi connectivity index (χ1v) is 6.77. The number of hydrogen-bond donors (Lipinski definition) is 2. The second-order valence-electron chi connectivity index (χ2n) is 4.87. The first-order chi connectivity index (χ1) is 9.06. The normalized spacial score (nSPS) is 10.8. The molecule has 4 nitrogen and oxygen atoms in total. The number of hydrogen-bond acceptors (Lipinski definition) is 3. The third-order valence-electron chi connectivity index (χ3n) is 2.99. The standard InChI is InChI=1S/C15H24N2O2/c1-4-7-17(8-9-18)11-15(19)16-14-10-12(2)5-6-13(14)3/h5-6,10,18H,4,7-9,11H2,1-3H3,(H,16,19). The molecular weight excluding hydrogens is 240 g/mol. The molecule has 0 aliphatic carbocycles. The molecule has 0 atom stereocenters. The average molecular weight is 264 g/mol. The molecule has 0 saturated heterocycles. The number of carbonyl (C=O) groups excluding carboxylic acids is 1. The quantitative estimate of drug-likeness (QED) is 0.791. The van der Waals surface area contributed by atoms with Crippen LogP contribution in [0.4, 0.5) is 5.69 Å². The summed E-state index contributed by atoms with van der Waals surface area (Å²) in [5.41, 5.74) is 3.05. The summed E-state index contributed by atoms with van der Waals surface area (Å²) < 4.78 is 0. The summed E-state index contributed by atoms with van der Waals surface area (Å²) >= 11 is 0. The van der Waals surface area contributed by atoms with Crippen LogP contribution >= 0.6 is 0 Å². The number of benzene rings is 1. The fourth-order valence-corrected chi connectivity index (χ4v) is 1.99. The molecule has 19 heavy (non-hydrogen) atoms. The molecule has 2 N–H and O–H groups in total. The third-order valence-corrected chi connectivity index (χ3v) is 2.99. The molecule has 0 aromatic heterocycles. The van der Waals surface area contributed by atoms with Gasteiger partial charge in [0, 0.05) is 12.2 Å². The molecule has 1 aromatic carbocycles. The minimum absolute atomic E-state index is 0.0319. The van der Waals surface area contributed by atoms with Gasteiger partial charge in [-0.1, -0.05) is 19.1 Å². The van der Waals surface area contributed by atoms with Gasteiger partial charge < -0.3 is 10.4 Å². The summed E-state index contributed by atoms with van der Waals surface area (Å²) in [7, 11) is 0. The maximum absolute atomic E-state index is 12.0. The molecule has 1 rings (SSSR count). The molecule has 0 fully saturated rings. The number of carbonyl (C=O) groups is 1. The number of nitrogens with one attached hydrogen (secondary N) is 1. The highest BCUT2D eigenvalue weighted by atomic mass is 16.3. The number of anilines is 1. The number of nitrogens with zero attached hydrogens (tertiary/aromatic N) is 1. The molecule has 0 spiro atoms. The van der Waals surface area contributed by atoms with Crippen molar-refractivity contribution in [1.82, 2.24) is 4.90 Å². The van der Waals surface area contributed by atoms with Gasteiger partial charge in [0.1, 0.15) is 0 Å². The van der Waals surface area contributed by atoms with Crippen LogP contribution in [0.15, 0.2) is 18.2 Å². The van der Waals surface area contributed by atoms with Gasteiger partial charge >= 0.3 is 0 Å². The summed E-state index contributed by atoms with van der Waals surface area (Å²) in [6, 6.07) is 6.01. The van der Waals surface area contributed by atoms with Crippen LogP contribution in [-0.2, 0) is 4.79 Å². The third kappa shape index (κ3) is 5.41. The van der Waals surface area contributed by atoms with Crippen molar-refractivity contribution in [1.29, 1.82) is 0 Å². The SMILES string of the molecule is CCCN(CCO)CC(=O)Nc1cc(C)ccc1C. The molecule has 0 radical (unpaired) electrons. The van der Waals surface area contributed by atoms with Gasteiger partial charge in [0.2, 0.25) is 5.91 Å². The van der Waals surface area contributed by atoms with Gasteiger partial charge in [-0.15, -0.1) is 0 Å². The van der Waals surface area contributed by atoms with E-state index in [2.05, 4.69) is 12.2 Å². The van der Waals surface area contributed by atoms with Crippen molar-refractivity contribution >= 4 is 11.6 Å². The van der Waals surface area contributed by atoms with Gasteiger partial charge in [-0.3, -0.25) is 9.69 Å².